The lowest BCUT2D eigenvalue weighted by Gasteiger charge is -2.17. The Morgan fingerprint density at radius 1 is 0.759 bits per heavy atom. The van der Waals surface area contributed by atoms with Crippen molar-refractivity contribution in [3.8, 4) is 16.9 Å². The first kappa shape index (κ1) is 19.5. The second-order valence-corrected chi connectivity index (χ2v) is 7.82. The van der Waals surface area contributed by atoms with Crippen LogP contribution in [0.15, 0.2) is 102 Å². The van der Waals surface area contributed by atoms with Gasteiger partial charge in [0.25, 0.3) is 5.56 Å². The predicted octanol–water partition coefficient (Wildman–Crippen LogP) is 5.75. The molecule has 0 aliphatic carbocycles. The average molecular weight is 493 g/mol. The van der Waals surface area contributed by atoms with E-state index in [2.05, 4.69) is 22.6 Å². The van der Waals surface area contributed by atoms with Crippen molar-refractivity contribution in [3.05, 3.63) is 122 Å². The number of ether oxygens (including phenoxy) is 1. The maximum atomic E-state index is 13.1. The summed E-state index contributed by atoms with van der Waals surface area (Å²) in [5, 5.41) is 0. The maximum Gasteiger partial charge on any atom is 0.268 e. The van der Waals surface area contributed by atoms with Crippen LogP contribution in [0.2, 0.25) is 0 Å². The van der Waals surface area contributed by atoms with Gasteiger partial charge in [-0.2, -0.15) is 0 Å². The summed E-state index contributed by atoms with van der Waals surface area (Å²) in [5.41, 5.74) is 4.05. The van der Waals surface area contributed by atoms with E-state index < -0.39 is 0 Å². The van der Waals surface area contributed by atoms with Gasteiger partial charge in [-0.1, -0.05) is 91.0 Å². The molecule has 1 aromatic heterocycles. The molecule has 0 saturated heterocycles. The van der Waals surface area contributed by atoms with Gasteiger partial charge in [0.2, 0.25) is 0 Å². The Labute approximate surface area is 183 Å². The third kappa shape index (κ3) is 4.59. The van der Waals surface area contributed by atoms with E-state index in [9.17, 15) is 4.79 Å². The molecular weight excluding hydrogens is 473 g/mol. The van der Waals surface area contributed by atoms with Gasteiger partial charge in [0.1, 0.15) is 15.9 Å². The molecule has 0 fully saturated rings. The molecule has 144 valence electrons. The molecule has 4 rings (SSSR count). The Morgan fingerprint density at radius 2 is 1.31 bits per heavy atom. The number of rotatable bonds is 6. The minimum atomic E-state index is -0.0443. The van der Waals surface area contributed by atoms with Crippen molar-refractivity contribution in [2.24, 2.45) is 0 Å². The van der Waals surface area contributed by atoms with Gasteiger partial charge in [-0.15, -0.1) is 0 Å². The third-order valence-electron chi connectivity index (χ3n) is 4.68. The minimum Gasteiger partial charge on any atom is -0.487 e. The number of pyridine rings is 1. The monoisotopic (exact) mass is 493 g/mol. The summed E-state index contributed by atoms with van der Waals surface area (Å²) in [6, 6.07) is 30.1. The molecule has 0 atom stereocenters. The van der Waals surface area contributed by atoms with Crippen molar-refractivity contribution in [2.75, 3.05) is 0 Å². The van der Waals surface area contributed by atoms with Crippen LogP contribution in [0.25, 0.3) is 11.1 Å². The summed E-state index contributed by atoms with van der Waals surface area (Å²) in [5.74, 6) is 0.634. The summed E-state index contributed by atoms with van der Waals surface area (Å²) >= 11 is 2.11. The number of benzene rings is 3. The summed E-state index contributed by atoms with van der Waals surface area (Å²) in [6.07, 6.45) is 1.91. The van der Waals surface area contributed by atoms with E-state index in [4.69, 9.17) is 4.74 Å². The Hall–Kier alpha value is -2.86. The average Bonchev–Trinajstić information content (AvgIpc) is 2.78. The second-order valence-electron chi connectivity index (χ2n) is 6.74. The van der Waals surface area contributed by atoms with Gasteiger partial charge in [0.05, 0.1) is 6.54 Å². The molecule has 0 radical (unpaired) electrons. The molecule has 1 heterocycles. The molecule has 0 aliphatic rings. The molecule has 4 heteroatoms. The number of aromatic nitrogens is 1. The highest BCUT2D eigenvalue weighted by molar-refractivity contribution is 14.1. The number of hydrogen-bond acceptors (Lipinski definition) is 2. The molecule has 0 bridgehead atoms. The quantitative estimate of drug-likeness (QED) is 0.321. The standard InChI is InChI=1S/C25H20INO2/c26-23-24(29-18-20-12-6-2-7-13-20)22(21-14-8-3-9-15-21)17-27(25(23)28)16-19-10-4-1-5-11-19/h1-15,17H,16,18H2. The predicted molar refractivity (Wildman–Crippen MR) is 125 cm³/mol. The van der Waals surface area contributed by atoms with Gasteiger partial charge in [0, 0.05) is 11.8 Å². The Kier molecular flexibility index (Phi) is 6.10. The van der Waals surface area contributed by atoms with E-state index in [0.29, 0.717) is 22.5 Å². The summed E-state index contributed by atoms with van der Waals surface area (Å²) < 4.78 is 8.53. The van der Waals surface area contributed by atoms with E-state index in [0.717, 1.165) is 22.3 Å². The molecule has 0 spiro atoms. The van der Waals surface area contributed by atoms with E-state index in [1.165, 1.54) is 0 Å². The minimum absolute atomic E-state index is 0.0443. The number of hydrogen-bond donors (Lipinski definition) is 0. The van der Waals surface area contributed by atoms with Gasteiger partial charge in [0.15, 0.2) is 0 Å². The molecule has 0 N–H and O–H groups in total. The zero-order valence-corrected chi connectivity index (χ0v) is 18.0. The largest absolute Gasteiger partial charge is 0.487 e. The number of nitrogens with zero attached hydrogens (tertiary/aromatic N) is 1. The van der Waals surface area contributed by atoms with E-state index >= 15 is 0 Å². The van der Waals surface area contributed by atoms with Crippen LogP contribution in [0.1, 0.15) is 11.1 Å². The van der Waals surface area contributed by atoms with Crippen LogP contribution in [0, 0.1) is 3.57 Å². The molecule has 0 unspecified atom stereocenters. The zero-order valence-electron chi connectivity index (χ0n) is 15.8. The lowest BCUT2D eigenvalue weighted by atomic mass is 10.1. The smallest absolute Gasteiger partial charge is 0.268 e. The summed E-state index contributed by atoms with van der Waals surface area (Å²) in [7, 11) is 0. The van der Waals surface area contributed by atoms with Crippen molar-refractivity contribution in [1.82, 2.24) is 4.57 Å². The second kappa shape index (κ2) is 9.09. The highest BCUT2D eigenvalue weighted by atomic mass is 127. The van der Waals surface area contributed by atoms with E-state index in [-0.39, 0.29) is 5.56 Å². The molecule has 0 aliphatic heterocycles. The van der Waals surface area contributed by atoms with Crippen molar-refractivity contribution in [3.63, 3.8) is 0 Å². The van der Waals surface area contributed by atoms with Crippen LogP contribution in [-0.2, 0) is 13.2 Å². The van der Waals surface area contributed by atoms with Crippen molar-refractivity contribution >= 4 is 22.6 Å². The highest BCUT2D eigenvalue weighted by Crippen LogP contribution is 2.33. The zero-order chi connectivity index (χ0) is 20.1. The molecule has 4 aromatic rings. The fourth-order valence-corrected chi connectivity index (χ4v) is 3.96. The topological polar surface area (TPSA) is 31.2 Å². The Morgan fingerprint density at radius 3 is 1.93 bits per heavy atom. The lowest BCUT2D eigenvalue weighted by Crippen LogP contribution is -2.24. The van der Waals surface area contributed by atoms with Gasteiger partial charge in [-0.05, 0) is 39.3 Å². The third-order valence-corrected chi connectivity index (χ3v) is 5.64. The van der Waals surface area contributed by atoms with Crippen LogP contribution in [-0.4, -0.2) is 4.57 Å². The first-order chi connectivity index (χ1) is 14.2. The van der Waals surface area contributed by atoms with Crippen LogP contribution < -0.4 is 10.3 Å². The van der Waals surface area contributed by atoms with Crippen LogP contribution >= 0.6 is 22.6 Å². The SMILES string of the molecule is O=c1c(I)c(OCc2ccccc2)c(-c2ccccc2)cn1Cc1ccccc1. The molecule has 3 nitrogen and oxygen atoms in total. The van der Waals surface area contributed by atoms with E-state index in [1.54, 1.807) is 4.57 Å². The van der Waals surface area contributed by atoms with Crippen molar-refractivity contribution in [1.29, 1.82) is 0 Å². The fourth-order valence-electron chi connectivity index (χ4n) is 3.21. The van der Waals surface area contributed by atoms with Gasteiger partial charge >= 0.3 is 0 Å². The Balaban J connectivity index is 1.77. The van der Waals surface area contributed by atoms with Gasteiger partial charge in [-0.25, -0.2) is 0 Å². The van der Waals surface area contributed by atoms with Crippen molar-refractivity contribution < 1.29 is 4.74 Å². The molecule has 29 heavy (non-hydrogen) atoms. The maximum absolute atomic E-state index is 13.1. The molecule has 0 amide bonds. The van der Waals surface area contributed by atoms with E-state index in [1.807, 2.05) is 97.2 Å². The van der Waals surface area contributed by atoms with Crippen LogP contribution in [0.3, 0.4) is 0 Å². The summed E-state index contributed by atoms with van der Waals surface area (Å²) in [6.45, 7) is 0.938. The van der Waals surface area contributed by atoms with Gasteiger partial charge < -0.3 is 9.30 Å². The summed E-state index contributed by atoms with van der Waals surface area (Å²) in [4.78, 5) is 13.1. The Bertz CT molecular complexity index is 1140. The van der Waals surface area contributed by atoms with Gasteiger partial charge in [-0.3, -0.25) is 4.79 Å². The normalized spacial score (nSPS) is 10.7. The molecular formula is C25H20INO2. The fraction of sp³-hybridized carbons (Fsp3) is 0.0800. The molecule has 3 aromatic carbocycles. The van der Waals surface area contributed by atoms with Crippen LogP contribution in [0.4, 0.5) is 0 Å². The lowest BCUT2D eigenvalue weighted by molar-refractivity contribution is 0.304. The first-order valence-corrected chi connectivity index (χ1v) is 10.5. The van der Waals surface area contributed by atoms with Crippen LogP contribution in [0.5, 0.6) is 5.75 Å². The first-order valence-electron chi connectivity index (χ1n) is 9.41. The highest BCUT2D eigenvalue weighted by Gasteiger charge is 2.17. The number of halogens is 1. The van der Waals surface area contributed by atoms with Crippen molar-refractivity contribution in [2.45, 2.75) is 13.2 Å². The molecule has 0 saturated carbocycles.